The lowest BCUT2D eigenvalue weighted by Gasteiger charge is -2.36. The third-order valence-corrected chi connectivity index (χ3v) is 6.51. The number of likely N-dealkylation sites (tertiary alicyclic amines) is 1. The zero-order valence-electron chi connectivity index (χ0n) is 16.9. The van der Waals surface area contributed by atoms with E-state index in [1.165, 1.54) is 12.1 Å². The van der Waals surface area contributed by atoms with Crippen LogP contribution in [0, 0.1) is 0 Å². The Morgan fingerprint density at radius 3 is 2.59 bits per heavy atom. The van der Waals surface area contributed by atoms with Crippen molar-refractivity contribution in [1.82, 2.24) is 19.8 Å². The molecule has 7 heteroatoms. The maximum atomic E-state index is 11.8. The SMILES string of the molecule is O=C1CCCN1CCN1CCN(c2ccc3ncnc(OC4CCC4)c3c2)CC1. The maximum Gasteiger partial charge on any atom is 0.224 e. The molecular weight excluding hydrogens is 366 g/mol. The van der Waals surface area contributed by atoms with Crippen LogP contribution in [0.5, 0.6) is 5.88 Å². The van der Waals surface area contributed by atoms with Gasteiger partial charge in [-0.05, 0) is 43.9 Å². The summed E-state index contributed by atoms with van der Waals surface area (Å²) in [5.41, 5.74) is 2.15. The summed E-state index contributed by atoms with van der Waals surface area (Å²) in [6.45, 7) is 6.81. The molecule has 3 aliphatic rings. The highest BCUT2D eigenvalue weighted by atomic mass is 16.5. The summed E-state index contributed by atoms with van der Waals surface area (Å²) in [4.78, 5) is 27.5. The topological polar surface area (TPSA) is 61.8 Å². The first kappa shape index (κ1) is 18.6. The zero-order valence-corrected chi connectivity index (χ0v) is 16.9. The van der Waals surface area contributed by atoms with Crippen molar-refractivity contribution in [3.8, 4) is 5.88 Å². The second kappa shape index (κ2) is 8.14. The van der Waals surface area contributed by atoms with Crippen LogP contribution >= 0.6 is 0 Å². The van der Waals surface area contributed by atoms with Gasteiger partial charge in [0.1, 0.15) is 12.4 Å². The van der Waals surface area contributed by atoms with Gasteiger partial charge in [0, 0.05) is 57.9 Å². The van der Waals surface area contributed by atoms with Crippen molar-refractivity contribution >= 4 is 22.5 Å². The van der Waals surface area contributed by atoms with Crippen LogP contribution in [0.25, 0.3) is 10.9 Å². The van der Waals surface area contributed by atoms with Crippen LogP contribution in [-0.4, -0.2) is 77.6 Å². The van der Waals surface area contributed by atoms with E-state index < -0.39 is 0 Å². The van der Waals surface area contributed by atoms with Crippen LogP contribution in [0.3, 0.4) is 0 Å². The summed E-state index contributed by atoms with van der Waals surface area (Å²) in [6, 6.07) is 6.41. The first-order valence-electron chi connectivity index (χ1n) is 10.9. The molecule has 0 atom stereocenters. The van der Waals surface area contributed by atoms with Gasteiger partial charge in [0.15, 0.2) is 0 Å². The Bertz CT molecular complexity index is 877. The summed E-state index contributed by atoms with van der Waals surface area (Å²) < 4.78 is 6.10. The number of rotatable bonds is 6. The highest BCUT2D eigenvalue weighted by Crippen LogP contribution is 2.31. The lowest BCUT2D eigenvalue weighted by molar-refractivity contribution is -0.127. The fourth-order valence-corrected chi connectivity index (χ4v) is 4.39. The molecule has 0 unspecified atom stereocenters. The Morgan fingerprint density at radius 2 is 1.86 bits per heavy atom. The summed E-state index contributed by atoms with van der Waals surface area (Å²) in [5, 5.41) is 1.01. The second-order valence-corrected chi connectivity index (χ2v) is 8.36. The van der Waals surface area contributed by atoms with E-state index in [1.54, 1.807) is 6.33 Å². The molecule has 2 aromatic rings. The van der Waals surface area contributed by atoms with Crippen LogP contribution in [-0.2, 0) is 4.79 Å². The molecule has 1 aliphatic carbocycles. The lowest BCUT2D eigenvalue weighted by Crippen LogP contribution is -2.48. The van der Waals surface area contributed by atoms with Gasteiger partial charge in [0.05, 0.1) is 10.9 Å². The van der Waals surface area contributed by atoms with Crippen LogP contribution in [0.4, 0.5) is 5.69 Å². The average Bonchev–Trinajstić information content (AvgIpc) is 3.14. The predicted molar refractivity (Wildman–Crippen MR) is 112 cm³/mol. The van der Waals surface area contributed by atoms with E-state index in [4.69, 9.17) is 4.74 Å². The van der Waals surface area contributed by atoms with Crippen molar-refractivity contribution in [2.45, 2.75) is 38.2 Å². The van der Waals surface area contributed by atoms with Crippen LogP contribution < -0.4 is 9.64 Å². The number of fused-ring (bicyclic) bond motifs is 1. The van der Waals surface area contributed by atoms with Crippen molar-refractivity contribution in [3.63, 3.8) is 0 Å². The van der Waals surface area contributed by atoms with E-state index in [9.17, 15) is 4.79 Å². The molecule has 0 bridgehead atoms. The smallest absolute Gasteiger partial charge is 0.224 e. The molecule has 3 fully saturated rings. The number of ether oxygens (including phenoxy) is 1. The molecule has 1 aromatic carbocycles. The lowest BCUT2D eigenvalue weighted by atomic mass is 9.96. The number of hydrogen-bond donors (Lipinski definition) is 0. The van der Waals surface area contributed by atoms with Gasteiger partial charge in [0.2, 0.25) is 11.8 Å². The summed E-state index contributed by atoms with van der Waals surface area (Å²) >= 11 is 0. The number of nitrogens with zero attached hydrogens (tertiary/aromatic N) is 5. The number of hydrogen-bond acceptors (Lipinski definition) is 6. The Kier molecular flexibility index (Phi) is 5.23. The minimum Gasteiger partial charge on any atom is -0.474 e. The monoisotopic (exact) mass is 395 g/mol. The minimum absolute atomic E-state index is 0.308. The molecule has 3 heterocycles. The number of carbonyl (C=O) groups excluding carboxylic acids is 1. The van der Waals surface area contributed by atoms with Crippen LogP contribution in [0.1, 0.15) is 32.1 Å². The molecule has 154 valence electrons. The maximum absolute atomic E-state index is 11.8. The number of carbonyl (C=O) groups is 1. The van der Waals surface area contributed by atoms with Gasteiger partial charge in [0.25, 0.3) is 0 Å². The number of benzene rings is 1. The molecule has 5 rings (SSSR count). The van der Waals surface area contributed by atoms with Crippen LogP contribution in [0.2, 0.25) is 0 Å². The third-order valence-electron chi connectivity index (χ3n) is 6.51. The van der Waals surface area contributed by atoms with Crippen molar-refractivity contribution in [2.75, 3.05) is 50.7 Å². The molecule has 2 saturated heterocycles. The van der Waals surface area contributed by atoms with Gasteiger partial charge in [-0.15, -0.1) is 0 Å². The fraction of sp³-hybridized carbons (Fsp3) is 0.591. The highest BCUT2D eigenvalue weighted by Gasteiger charge is 2.24. The molecule has 29 heavy (non-hydrogen) atoms. The summed E-state index contributed by atoms with van der Waals surface area (Å²) in [6.07, 6.45) is 7.14. The normalized spacial score (nSPS) is 21.0. The van der Waals surface area contributed by atoms with Gasteiger partial charge in [-0.25, -0.2) is 9.97 Å². The Labute approximate surface area is 171 Å². The fourth-order valence-electron chi connectivity index (χ4n) is 4.39. The second-order valence-electron chi connectivity index (χ2n) is 8.36. The van der Waals surface area contributed by atoms with Gasteiger partial charge in [-0.1, -0.05) is 0 Å². The molecule has 0 radical (unpaired) electrons. The molecule has 0 N–H and O–H groups in total. The van der Waals surface area contributed by atoms with Crippen molar-refractivity contribution < 1.29 is 9.53 Å². The predicted octanol–water partition coefficient (Wildman–Crippen LogP) is 2.31. The molecule has 2 aliphatic heterocycles. The number of aromatic nitrogens is 2. The van der Waals surface area contributed by atoms with Crippen molar-refractivity contribution in [3.05, 3.63) is 24.5 Å². The summed E-state index contributed by atoms with van der Waals surface area (Å²) in [5.74, 6) is 1.04. The highest BCUT2D eigenvalue weighted by molar-refractivity contribution is 5.86. The van der Waals surface area contributed by atoms with E-state index in [0.29, 0.717) is 12.0 Å². The van der Waals surface area contributed by atoms with Gasteiger partial charge in [-0.2, -0.15) is 0 Å². The number of amides is 1. The van der Waals surface area contributed by atoms with Gasteiger partial charge >= 0.3 is 0 Å². The number of piperazine rings is 1. The summed E-state index contributed by atoms with van der Waals surface area (Å²) in [7, 11) is 0. The molecule has 1 amide bonds. The van der Waals surface area contributed by atoms with E-state index in [1.807, 2.05) is 4.90 Å². The quantitative estimate of drug-likeness (QED) is 0.748. The number of anilines is 1. The third kappa shape index (κ3) is 4.01. The first-order chi connectivity index (χ1) is 14.3. The Morgan fingerprint density at radius 1 is 1.00 bits per heavy atom. The Balaban J connectivity index is 1.22. The largest absolute Gasteiger partial charge is 0.474 e. The molecule has 7 nitrogen and oxygen atoms in total. The Hall–Kier alpha value is -2.41. The standard InChI is InChI=1S/C22H29N5O2/c28-21-5-2-8-27(21)14-11-25-9-12-26(13-10-25)17-6-7-20-19(15-17)22(24-16-23-20)29-18-3-1-4-18/h6-7,15-16,18H,1-5,8-14H2. The minimum atomic E-state index is 0.308. The zero-order chi connectivity index (χ0) is 19.6. The van der Waals surface area contributed by atoms with E-state index in [-0.39, 0.29) is 0 Å². The van der Waals surface area contributed by atoms with E-state index >= 15 is 0 Å². The van der Waals surface area contributed by atoms with E-state index in [0.717, 1.165) is 88.3 Å². The van der Waals surface area contributed by atoms with Crippen molar-refractivity contribution in [2.24, 2.45) is 0 Å². The molecule has 1 aromatic heterocycles. The van der Waals surface area contributed by atoms with E-state index in [2.05, 4.69) is 38.0 Å². The van der Waals surface area contributed by atoms with Crippen molar-refractivity contribution in [1.29, 1.82) is 0 Å². The first-order valence-corrected chi connectivity index (χ1v) is 10.9. The van der Waals surface area contributed by atoms with Gasteiger partial charge in [-0.3, -0.25) is 9.69 Å². The van der Waals surface area contributed by atoms with Gasteiger partial charge < -0.3 is 14.5 Å². The molecule has 0 spiro atoms. The average molecular weight is 396 g/mol. The van der Waals surface area contributed by atoms with Crippen LogP contribution in [0.15, 0.2) is 24.5 Å². The molecular formula is C22H29N5O2. The molecule has 1 saturated carbocycles.